The lowest BCUT2D eigenvalue weighted by molar-refractivity contribution is -0.167. The summed E-state index contributed by atoms with van der Waals surface area (Å²) in [5, 5.41) is 0. The largest absolute Gasteiger partial charge is 0.462 e. The minimum atomic E-state index is -0.785. The minimum absolute atomic E-state index is 0.0825. The van der Waals surface area contributed by atoms with Crippen LogP contribution in [0.15, 0.2) is 109 Å². The maximum atomic E-state index is 12.9. The van der Waals surface area contributed by atoms with Gasteiger partial charge in [0.1, 0.15) is 13.2 Å². The molecule has 0 N–H and O–H groups in total. The van der Waals surface area contributed by atoms with Crippen molar-refractivity contribution in [1.29, 1.82) is 0 Å². The Kier molecular flexibility index (Phi) is 62.3. The van der Waals surface area contributed by atoms with Crippen LogP contribution < -0.4 is 0 Å². The molecule has 0 aromatic carbocycles. The van der Waals surface area contributed by atoms with Crippen LogP contribution in [0.3, 0.4) is 0 Å². The van der Waals surface area contributed by atoms with Crippen LogP contribution in [0, 0.1) is 0 Å². The monoisotopic (exact) mass is 1080 g/mol. The van der Waals surface area contributed by atoms with Crippen molar-refractivity contribution in [2.24, 2.45) is 0 Å². The maximum absolute atomic E-state index is 12.9. The molecule has 0 fully saturated rings. The van der Waals surface area contributed by atoms with Crippen LogP contribution in [-0.4, -0.2) is 37.2 Å². The predicted molar refractivity (Wildman–Crippen MR) is 339 cm³/mol. The second kappa shape index (κ2) is 65.6. The minimum Gasteiger partial charge on any atom is -0.462 e. The molecular weight excluding hydrogens is 961 g/mol. The van der Waals surface area contributed by atoms with Gasteiger partial charge in [0.2, 0.25) is 0 Å². The van der Waals surface area contributed by atoms with Gasteiger partial charge in [-0.15, -0.1) is 0 Å². The molecule has 0 radical (unpaired) electrons. The van der Waals surface area contributed by atoms with E-state index in [1.54, 1.807) is 0 Å². The average molecular weight is 1080 g/mol. The average Bonchev–Trinajstić information content (AvgIpc) is 3.44. The first kappa shape index (κ1) is 74.1. The fraction of sp³-hybridized carbons (Fsp3) is 0.708. The number of allylic oxidation sites excluding steroid dienone is 18. The van der Waals surface area contributed by atoms with Crippen LogP contribution in [0.1, 0.15) is 310 Å². The fourth-order valence-corrected chi connectivity index (χ4v) is 9.07. The Hall–Kier alpha value is -3.93. The molecule has 0 saturated carbocycles. The molecule has 0 aromatic heterocycles. The van der Waals surface area contributed by atoms with Gasteiger partial charge in [-0.1, -0.05) is 278 Å². The highest BCUT2D eigenvalue weighted by Crippen LogP contribution is 2.16. The second-order valence-electron chi connectivity index (χ2n) is 21.6. The van der Waals surface area contributed by atoms with Crippen LogP contribution in [0.25, 0.3) is 0 Å². The van der Waals surface area contributed by atoms with Crippen LogP contribution in [-0.2, 0) is 28.6 Å². The molecule has 0 aliphatic heterocycles. The number of rotatable bonds is 59. The number of hydrogen-bond acceptors (Lipinski definition) is 6. The number of unbranched alkanes of at least 4 members (excludes halogenated alkanes) is 30. The van der Waals surface area contributed by atoms with Crippen molar-refractivity contribution >= 4 is 17.9 Å². The zero-order valence-corrected chi connectivity index (χ0v) is 51.2. The lowest BCUT2D eigenvalue weighted by atomic mass is 10.0. The van der Waals surface area contributed by atoms with E-state index in [2.05, 4.69) is 130 Å². The van der Waals surface area contributed by atoms with Crippen LogP contribution >= 0.6 is 0 Å². The van der Waals surface area contributed by atoms with Crippen molar-refractivity contribution in [2.75, 3.05) is 13.2 Å². The summed E-state index contributed by atoms with van der Waals surface area (Å²) in [6.07, 6.45) is 89.6. The smallest absolute Gasteiger partial charge is 0.306 e. The molecule has 0 aromatic rings. The number of carbonyl (C=O) groups excluding carboxylic acids is 3. The van der Waals surface area contributed by atoms with E-state index in [4.69, 9.17) is 14.2 Å². The van der Waals surface area contributed by atoms with Crippen LogP contribution in [0.2, 0.25) is 0 Å². The van der Waals surface area contributed by atoms with Gasteiger partial charge in [-0.2, -0.15) is 0 Å². The van der Waals surface area contributed by atoms with E-state index >= 15 is 0 Å². The van der Waals surface area contributed by atoms with Gasteiger partial charge in [-0.05, 0) is 122 Å². The molecular formula is C72H122O6. The van der Waals surface area contributed by atoms with Crippen molar-refractivity contribution < 1.29 is 28.6 Å². The molecule has 446 valence electrons. The van der Waals surface area contributed by atoms with E-state index in [1.165, 1.54) is 154 Å². The number of hydrogen-bond donors (Lipinski definition) is 0. The van der Waals surface area contributed by atoms with Crippen molar-refractivity contribution in [3.8, 4) is 0 Å². The summed E-state index contributed by atoms with van der Waals surface area (Å²) in [7, 11) is 0. The third-order valence-electron chi connectivity index (χ3n) is 14.0. The maximum Gasteiger partial charge on any atom is 0.306 e. The molecule has 0 amide bonds. The van der Waals surface area contributed by atoms with Crippen LogP contribution in [0.5, 0.6) is 0 Å². The molecule has 1 atom stereocenters. The zero-order chi connectivity index (χ0) is 56.4. The first-order valence-electron chi connectivity index (χ1n) is 32.9. The van der Waals surface area contributed by atoms with Gasteiger partial charge in [0.15, 0.2) is 6.10 Å². The molecule has 0 spiro atoms. The molecule has 6 nitrogen and oxygen atoms in total. The molecule has 0 bridgehead atoms. The molecule has 0 aliphatic rings. The van der Waals surface area contributed by atoms with Crippen molar-refractivity contribution in [1.82, 2.24) is 0 Å². The summed E-state index contributed by atoms with van der Waals surface area (Å²) in [6, 6.07) is 0. The predicted octanol–water partition coefficient (Wildman–Crippen LogP) is 22.6. The summed E-state index contributed by atoms with van der Waals surface area (Å²) in [4.78, 5) is 38.2. The molecule has 0 rings (SSSR count). The van der Waals surface area contributed by atoms with Crippen LogP contribution in [0.4, 0.5) is 0 Å². The second-order valence-corrected chi connectivity index (χ2v) is 21.6. The SMILES string of the molecule is CC/C=C\C/C=C\C/C=C\C/C=C\C/C=C\C/C=C\CCCCCCCCCCCCCCC(=O)OCC(COC(=O)CCCCCCC/C=C\CCC)OC(=O)CCCCCCCCCCC/C=C\C/C=C\CCCCC. The van der Waals surface area contributed by atoms with Gasteiger partial charge >= 0.3 is 17.9 Å². The third-order valence-corrected chi connectivity index (χ3v) is 14.0. The van der Waals surface area contributed by atoms with Gasteiger partial charge in [0, 0.05) is 19.3 Å². The Morgan fingerprint density at radius 2 is 0.526 bits per heavy atom. The van der Waals surface area contributed by atoms with E-state index in [-0.39, 0.29) is 31.1 Å². The Balaban J connectivity index is 4.20. The van der Waals surface area contributed by atoms with Gasteiger partial charge in [0.05, 0.1) is 0 Å². The summed E-state index contributed by atoms with van der Waals surface area (Å²) in [5.74, 6) is -0.892. The van der Waals surface area contributed by atoms with Crippen molar-refractivity contribution in [3.05, 3.63) is 109 Å². The molecule has 78 heavy (non-hydrogen) atoms. The van der Waals surface area contributed by atoms with Gasteiger partial charge in [-0.3, -0.25) is 14.4 Å². The van der Waals surface area contributed by atoms with Crippen molar-refractivity contribution in [3.63, 3.8) is 0 Å². The Morgan fingerprint density at radius 3 is 0.846 bits per heavy atom. The number of ether oxygens (including phenoxy) is 3. The van der Waals surface area contributed by atoms with Gasteiger partial charge in [-0.25, -0.2) is 0 Å². The van der Waals surface area contributed by atoms with E-state index in [9.17, 15) is 14.4 Å². The third kappa shape index (κ3) is 62.9. The molecule has 0 saturated heterocycles. The quantitative estimate of drug-likeness (QED) is 0.0261. The van der Waals surface area contributed by atoms with E-state index in [1.807, 2.05) is 0 Å². The lowest BCUT2D eigenvalue weighted by Crippen LogP contribution is -2.30. The molecule has 0 heterocycles. The molecule has 0 aliphatic carbocycles. The standard InChI is InChI=1S/C72H122O6/c1-4-7-10-13-16-19-22-24-26-28-30-31-32-33-34-35-36-37-38-39-40-41-43-44-46-48-50-53-56-59-62-65-71(74)77-68-69(67-76-70(73)64-61-58-55-52-21-18-15-12-9-6-3)78-72(75)66-63-60-57-54-51-49-47-45-42-29-27-25-23-20-17-14-11-8-5-2/h7,10,12,15-17,19-20,24-27,30-31,33-34,36-37,69H,4-6,8-9,11,13-14,18,21-23,28-29,32,35,38-68H2,1-3H3/b10-7-,15-12-,19-16-,20-17-,26-24-,27-25-,31-30-,34-33-,37-36-. The Morgan fingerprint density at radius 1 is 0.269 bits per heavy atom. The van der Waals surface area contributed by atoms with Gasteiger partial charge < -0.3 is 14.2 Å². The van der Waals surface area contributed by atoms with E-state index in [0.29, 0.717) is 19.3 Å². The van der Waals surface area contributed by atoms with E-state index in [0.717, 1.165) is 116 Å². The molecule has 6 heteroatoms. The summed E-state index contributed by atoms with van der Waals surface area (Å²) in [6.45, 7) is 6.45. The fourth-order valence-electron chi connectivity index (χ4n) is 9.07. The normalized spacial score (nSPS) is 12.8. The highest BCUT2D eigenvalue weighted by Gasteiger charge is 2.19. The number of carbonyl (C=O) groups is 3. The Bertz CT molecular complexity index is 1570. The van der Waals surface area contributed by atoms with E-state index < -0.39 is 6.10 Å². The Labute approximate surface area is 482 Å². The molecule has 1 unspecified atom stereocenters. The highest BCUT2D eigenvalue weighted by molar-refractivity contribution is 5.71. The zero-order valence-electron chi connectivity index (χ0n) is 51.2. The first-order chi connectivity index (χ1) is 38.5. The first-order valence-corrected chi connectivity index (χ1v) is 32.9. The topological polar surface area (TPSA) is 78.9 Å². The summed E-state index contributed by atoms with van der Waals surface area (Å²) >= 11 is 0. The van der Waals surface area contributed by atoms with Crippen molar-refractivity contribution in [2.45, 2.75) is 316 Å². The van der Waals surface area contributed by atoms with Gasteiger partial charge in [0.25, 0.3) is 0 Å². The lowest BCUT2D eigenvalue weighted by Gasteiger charge is -2.18. The highest BCUT2D eigenvalue weighted by atomic mass is 16.6. The summed E-state index contributed by atoms with van der Waals surface area (Å²) in [5.41, 5.74) is 0. The number of esters is 3. The summed E-state index contributed by atoms with van der Waals surface area (Å²) < 4.78 is 16.9.